The number of amides is 1. The Morgan fingerprint density at radius 3 is 2.80 bits per heavy atom. The smallest absolute Gasteiger partial charge is 0.255 e. The highest BCUT2D eigenvalue weighted by Crippen LogP contribution is 2.39. The number of nitrogens with zero attached hydrogens (tertiary/aromatic N) is 3. The van der Waals surface area contributed by atoms with Crippen LogP contribution in [-0.4, -0.2) is 26.6 Å². The van der Waals surface area contributed by atoms with Crippen LogP contribution in [0.5, 0.6) is 0 Å². The number of aryl methyl sites for hydroxylation is 2. The number of anilines is 1. The van der Waals surface area contributed by atoms with E-state index in [-0.39, 0.29) is 18.0 Å². The summed E-state index contributed by atoms with van der Waals surface area (Å²) in [6.07, 6.45) is 3.56. The van der Waals surface area contributed by atoms with Gasteiger partial charge >= 0.3 is 0 Å². The molecule has 3 heterocycles. The molecular weight excluding hydrogens is 322 g/mol. The minimum Gasteiger partial charge on any atom is -0.445 e. The number of aromatic nitrogens is 3. The number of nitrogens with one attached hydrogen (secondary N) is 2. The average Bonchev–Trinajstić information content (AvgIpc) is 2.97. The summed E-state index contributed by atoms with van der Waals surface area (Å²) >= 11 is 0. The van der Waals surface area contributed by atoms with Crippen molar-refractivity contribution in [3.05, 3.63) is 35.2 Å². The van der Waals surface area contributed by atoms with Crippen molar-refractivity contribution in [2.45, 2.75) is 45.7 Å². The van der Waals surface area contributed by atoms with Gasteiger partial charge in [-0.25, -0.2) is 4.98 Å². The van der Waals surface area contributed by atoms with E-state index in [2.05, 4.69) is 32.7 Å². The molecule has 0 spiro atoms. The van der Waals surface area contributed by atoms with Crippen LogP contribution in [0.15, 0.2) is 21.3 Å². The monoisotopic (exact) mass is 341 g/mol. The van der Waals surface area contributed by atoms with Crippen LogP contribution >= 0.6 is 0 Å². The highest BCUT2D eigenvalue weighted by molar-refractivity contribution is 6.08. The van der Waals surface area contributed by atoms with Gasteiger partial charge in [0.15, 0.2) is 0 Å². The van der Waals surface area contributed by atoms with Gasteiger partial charge in [-0.2, -0.15) is 4.98 Å². The Morgan fingerprint density at radius 2 is 2.12 bits per heavy atom. The highest BCUT2D eigenvalue weighted by atomic mass is 16.5. The van der Waals surface area contributed by atoms with Crippen LogP contribution in [0.3, 0.4) is 0 Å². The van der Waals surface area contributed by atoms with Gasteiger partial charge in [-0.3, -0.25) is 4.79 Å². The third-order valence-corrected chi connectivity index (χ3v) is 4.32. The molecule has 0 atom stereocenters. The van der Waals surface area contributed by atoms with Gasteiger partial charge in [-0.05, 0) is 33.6 Å². The van der Waals surface area contributed by atoms with Gasteiger partial charge in [-0.1, -0.05) is 5.16 Å². The predicted molar refractivity (Wildman–Crippen MR) is 90.2 cm³/mol. The van der Waals surface area contributed by atoms with Crippen LogP contribution < -0.4 is 10.6 Å². The molecular formula is C17H19N5O3. The highest BCUT2D eigenvalue weighted by Gasteiger charge is 2.38. The number of carbonyl (C=O) groups excluding carboxylic acids is 1. The SMILES string of the molecule is Cc1nc(NC2(C)CC2)c2c(C(=O)NCc3cc(C)on3)coc2n1. The van der Waals surface area contributed by atoms with Gasteiger partial charge in [0.25, 0.3) is 5.91 Å². The number of furan rings is 1. The van der Waals surface area contributed by atoms with E-state index in [1.807, 2.05) is 0 Å². The molecule has 0 saturated heterocycles. The van der Waals surface area contributed by atoms with E-state index < -0.39 is 0 Å². The molecule has 1 amide bonds. The molecule has 3 aromatic rings. The van der Waals surface area contributed by atoms with E-state index in [0.29, 0.717) is 39.8 Å². The Labute approximate surface area is 144 Å². The minimum atomic E-state index is -0.268. The molecule has 1 aliphatic carbocycles. The molecule has 0 bridgehead atoms. The number of rotatable bonds is 5. The van der Waals surface area contributed by atoms with Crippen LogP contribution in [0.4, 0.5) is 5.82 Å². The third-order valence-electron chi connectivity index (χ3n) is 4.32. The number of fused-ring (bicyclic) bond motifs is 1. The van der Waals surface area contributed by atoms with Crippen molar-refractivity contribution in [1.82, 2.24) is 20.4 Å². The topological polar surface area (TPSA) is 106 Å². The van der Waals surface area contributed by atoms with E-state index in [4.69, 9.17) is 8.94 Å². The van der Waals surface area contributed by atoms with Crippen LogP contribution in [0.1, 0.15) is 47.4 Å². The van der Waals surface area contributed by atoms with Gasteiger partial charge in [0, 0.05) is 11.6 Å². The van der Waals surface area contributed by atoms with Crippen molar-refractivity contribution in [2.75, 3.05) is 5.32 Å². The molecule has 1 fully saturated rings. The van der Waals surface area contributed by atoms with Crippen LogP contribution in [0.2, 0.25) is 0 Å². The molecule has 0 unspecified atom stereocenters. The lowest BCUT2D eigenvalue weighted by molar-refractivity contribution is 0.0951. The summed E-state index contributed by atoms with van der Waals surface area (Å²) in [7, 11) is 0. The first kappa shape index (κ1) is 15.6. The second-order valence-electron chi connectivity index (χ2n) is 6.75. The van der Waals surface area contributed by atoms with Crippen molar-refractivity contribution < 1.29 is 13.7 Å². The molecule has 3 aromatic heterocycles. The maximum Gasteiger partial charge on any atom is 0.255 e. The maximum atomic E-state index is 12.6. The Hall–Kier alpha value is -2.90. The van der Waals surface area contributed by atoms with E-state index in [1.54, 1.807) is 19.9 Å². The summed E-state index contributed by atoms with van der Waals surface area (Å²) < 4.78 is 10.5. The third kappa shape index (κ3) is 3.07. The quantitative estimate of drug-likeness (QED) is 0.735. The van der Waals surface area contributed by atoms with Crippen LogP contribution in [0, 0.1) is 13.8 Å². The van der Waals surface area contributed by atoms with E-state index in [0.717, 1.165) is 12.8 Å². The summed E-state index contributed by atoms with van der Waals surface area (Å²) in [5.41, 5.74) is 1.50. The summed E-state index contributed by atoms with van der Waals surface area (Å²) in [5, 5.41) is 10.7. The molecule has 130 valence electrons. The molecule has 8 heteroatoms. The van der Waals surface area contributed by atoms with Crippen molar-refractivity contribution in [3.8, 4) is 0 Å². The lowest BCUT2D eigenvalue weighted by Crippen LogP contribution is -2.23. The zero-order chi connectivity index (χ0) is 17.6. The van der Waals surface area contributed by atoms with Gasteiger partial charge in [0.1, 0.15) is 29.4 Å². The summed E-state index contributed by atoms with van der Waals surface area (Å²) in [4.78, 5) is 21.4. The summed E-state index contributed by atoms with van der Waals surface area (Å²) in [6.45, 7) is 6.01. The fourth-order valence-electron chi connectivity index (χ4n) is 2.67. The Bertz CT molecular complexity index is 955. The molecule has 0 aliphatic heterocycles. The zero-order valence-electron chi connectivity index (χ0n) is 14.3. The molecule has 8 nitrogen and oxygen atoms in total. The molecule has 0 radical (unpaired) electrons. The second kappa shape index (κ2) is 5.58. The van der Waals surface area contributed by atoms with E-state index in [1.165, 1.54) is 6.26 Å². The maximum absolute atomic E-state index is 12.6. The fraction of sp³-hybridized carbons (Fsp3) is 0.412. The van der Waals surface area contributed by atoms with E-state index in [9.17, 15) is 4.79 Å². The Kier molecular flexibility index (Phi) is 3.48. The molecule has 25 heavy (non-hydrogen) atoms. The summed E-state index contributed by atoms with van der Waals surface area (Å²) in [6, 6.07) is 1.78. The fourth-order valence-corrected chi connectivity index (χ4v) is 2.67. The zero-order valence-corrected chi connectivity index (χ0v) is 14.3. The molecule has 1 saturated carbocycles. The van der Waals surface area contributed by atoms with E-state index >= 15 is 0 Å². The lowest BCUT2D eigenvalue weighted by atomic mass is 10.2. The first-order chi connectivity index (χ1) is 11.9. The van der Waals surface area contributed by atoms with Gasteiger partial charge < -0.3 is 19.6 Å². The van der Waals surface area contributed by atoms with Crippen molar-refractivity contribution in [2.24, 2.45) is 0 Å². The average molecular weight is 341 g/mol. The molecule has 4 rings (SSSR count). The Balaban J connectivity index is 1.63. The molecule has 1 aliphatic rings. The Morgan fingerprint density at radius 1 is 1.32 bits per heavy atom. The minimum absolute atomic E-state index is 0.0248. The van der Waals surface area contributed by atoms with Crippen molar-refractivity contribution in [1.29, 1.82) is 0 Å². The lowest BCUT2D eigenvalue weighted by Gasteiger charge is -2.13. The standard InChI is InChI=1S/C17H19N5O3/c1-9-6-11(22-25-9)7-18-15(23)12-8-24-16-13(12)14(19-10(2)20-16)21-17(3)4-5-17/h6,8H,4-5,7H2,1-3H3,(H,18,23)(H,19,20,21). The van der Waals surface area contributed by atoms with Crippen LogP contribution in [0.25, 0.3) is 11.1 Å². The predicted octanol–water partition coefficient (Wildman–Crippen LogP) is 2.72. The summed E-state index contributed by atoms with van der Waals surface area (Å²) in [5.74, 6) is 1.67. The molecule has 0 aromatic carbocycles. The number of carbonyl (C=O) groups is 1. The van der Waals surface area contributed by atoms with Gasteiger partial charge in [0.05, 0.1) is 17.5 Å². The molecule has 2 N–H and O–H groups in total. The van der Waals surface area contributed by atoms with Gasteiger partial charge in [-0.15, -0.1) is 0 Å². The largest absolute Gasteiger partial charge is 0.445 e. The van der Waals surface area contributed by atoms with Crippen molar-refractivity contribution >= 4 is 22.8 Å². The number of hydrogen-bond acceptors (Lipinski definition) is 7. The first-order valence-corrected chi connectivity index (χ1v) is 8.18. The number of hydrogen-bond donors (Lipinski definition) is 2. The second-order valence-corrected chi connectivity index (χ2v) is 6.75. The normalized spacial score (nSPS) is 15.3. The van der Waals surface area contributed by atoms with Gasteiger partial charge in [0.2, 0.25) is 5.71 Å². The van der Waals surface area contributed by atoms with Crippen LogP contribution in [-0.2, 0) is 6.54 Å². The van der Waals surface area contributed by atoms with Crippen molar-refractivity contribution in [3.63, 3.8) is 0 Å². The first-order valence-electron chi connectivity index (χ1n) is 8.18.